The zero-order valence-corrected chi connectivity index (χ0v) is 7.95. The summed E-state index contributed by atoms with van der Waals surface area (Å²) < 4.78 is 0. The van der Waals surface area contributed by atoms with Gasteiger partial charge in [-0.25, -0.2) is 0 Å². The van der Waals surface area contributed by atoms with E-state index in [2.05, 4.69) is 10.2 Å². The Morgan fingerprint density at radius 3 is 2.69 bits per heavy atom. The largest absolute Gasteiger partial charge is 0.392 e. The van der Waals surface area contributed by atoms with Crippen LogP contribution in [0.4, 0.5) is 0 Å². The Morgan fingerprint density at radius 1 is 1.31 bits per heavy atom. The fraction of sp³-hybridized carbons (Fsp3) is 1.00. The van der Waals surface area contributed by atoms with Gasteiger partial charge in [0.25, 0.3) is 0 Å². The maximum Gasteiger partial charge on any atom is 0.0679 e. The van der Waals surface area contributed by atoms with Crippen molar-refractivity contribution >= 4 is 0 Å². The minimum Gasteiger partial charge on any atom is -0.392 e. The van der Waals surface area contributed by atoms with Crippen LogP contribution in [0, 0.1) is 17.8 Å². The highest BCUT2D eigenvalue weighted by molar-refractivity contribution is 5.05. The maximum atomic E-state index is 9.38. The Kier molecular flexibility index (Phi) is 1.86. The van der Waals surface area contributed by atoms with Gasteiger partial charge in [-0.05, 0) is 37.3 Å². The summed E-state index contributed by atoms with van der Waals surface area (Å²) >= 11 is 0. The fourth-order valence-electron chi connectivity index (χ4n) is 3.09. The van der Waals surface area contributed by atoms with E-state index in [4.69, 9.17) is 0 Å². The summed E-state index contributed by atoms with van der Waals surface area (Å²) in [6.45, 7) is 5.76. The molecule has 0 bridgehead atoms. The summed E-state index contributed by atoms with van der Waals surface area (Å²) in [5.74, 6) is 2.89. The molecule has 3 nitrogen and oxygen atoms in total. The number of aliphatic hydroxyl groups excluding tert-OH is 1. The Hall–Kier alpha value is -0.120. The minimum absolute atomic E-state index is 0.0447. The summed E-state index contributed by atoms with van der Waals surface area (Å²) in [7, 11) is 0. The van der Waals surface area contributed by atoms with Gasteiger partial charge in [-0.3, -0.25) is 0 Å². The number of hydrogen-bond acceptors (Lipinski definition) is 3. The fourth-order valence-corrected chi connectivity index (χ4v) is 3.09. The Labute approximate surface area is 79.1 Å². The van der Waals surface area contributed by atoms with Crippen molar-refractivity contribution in [2.45, 2.75) is 12.5 Å². The smallest absolute Gasteiger partial charge is 0.0679 e. The van der Waals surface area contributed by atoms with Crippen molar-refractivity contribution in [3.8, 4) is 0 Å². The molecule has 0 aromatic heterocycles. The summed E-state index contributed by atoms with van der Waals surface area (Å²) in [5.41, 5.74) is 0. The second-order valence-corrected chi connectivity index (χ2v) is 4.85. The highest BCUT2D eigenvalue weighted by Gasteiger charge is 2.53. The number of nitrogens with one attached hydrogen (secondary N) is 1. The molecule has 3 rings (SSSR count). The van der Waals surface area contributed by atoms with E-state index in [-0.39, 0.29) is 6.10 Å². The number of β-amino-alcohol motifs (C(OH)–C–C–N with tert-alkyl or cyclic N) is 1. The van der Waals surface area contributed by atoms with Crippen molar-refractivity contribution in [1.29, 1.82) is 0 Å². The molecule has 2 heterocycles. The predicted molar refractivity (Wildman–Crippen MR) is 50.4 cm³/mol. The van der Waals surface area contributed by atoms with Crippen LogP contribution in [0.2, 0.25) is 0 Å². The van der Waals surface area contributed by atoms with Crippen molar-refractivity contribution in [3.63, 3.8) is 0 Å². The molecule has 3 atom stereocenters. The molecule has 0 aromatic carbocycles. The molecule has 13 heavy (non-hydrogen) atoms. The van der Waals surface area contributed by atoms with Gasteiger partial charge in [0.2, 0.25) is 0 Å². The van der Waals surface area contributed by atoms with Crippen LogP contribution in [0.5, 0.6) is 0 Å². The van der Waals surface area contributed by atoms with Gasteiger partial charge in [0, 0.05) is 19.6 Å². The van der Waals surface area contributed by atoms with Gasteiger partial charge in [0.05, 0.1) is 6.10 Å². The highest BCUT2D eigenvalue weighted by atomic mass is 16.3. The van der Waals surface area contributed by atoms with Crippen molar-refractivity contribution in [3.05, 3.63) is 0 Å². The quantitative estimate of drug-likeness (QED) is 0.605. The van der Waals surface area contributed by atoms with Crippen LogP contribution < -0.4 is 5.32 Å². The lowest BCUT2D eigenvalue weighted by Crippen LogP contribution is -2.27. The molecule has 3 heteroatoms. The standard InChI is InChI=1S/C10H18N2O/c13-7-1-2-12(5-7)6-10-8-3-11-4-9(8)10/h7-11,13H,1-6H2. The number of fused-ring (bicyclic) bond motifs is 1. The SMILES string of the molecule is OC1CCN(CC2C3CNCC32)C1. The lowest BCUT2D eigenvalue weighted by atomic mass is 10.2. The van der Waals surface area contributed by atoms with Crippen LogP contribution in [-0.2, 0) is 0 Å². The van der Waals surface area contributed by atoms with E-state index >= 15 is 0 Å². The average molecular weight is 182 g/mol. The van der Waals surface area contributed by atoms with Gasteiger partial charge in [-0.15, -0.1) is 0 Å². The van der Waals surface area contributed by atoms with Gasteiger partial charge in [-0.2, -0.15) is 0 Å². The first kappa shape index (κ1) is 8.21. The number of rotatable bonds is 2. The van der Waals surface area contributed by atoms with E-state index < -0.39 is 0 Å². The van der Waals surface area contributed by atoms with Gasteiger partial charge in [0.1, 0.15) is 0 Å². The third-order valence-corrected chi connectivity index (χ3v) is 3.99. The van der Waals surface area contributed by atoms with E-state index in [9.17, 15) is 5.11 Å². The van der Waals surface area contributed by atoms with Gasteiger partial charge in [0.15, 0.2) is 0 Å². The minimum atomic E-state index is -0.0447. The zero-order valence-electron chi connectivity index (χ0n) is 7.95. The first-order valence-corrected chi connectivity index (χ1v) is 5.46. The monoisotopic (exact) mass is 182 g/mol. The van der Waals surface area contributed by atoms with Crippen LogP contribution in [-0.4, -0.2) is 48.8 Å². The normalized spacial score (nSPS) is 49.6. The second kappa shape index (κ2) is 2.94. The number of piperidine rings is 1. The van der Waals surface area contributed by atoms with Crippen molar-refractivity contribution in [2.75, 3.05) is 32.7 Å². The van der Waals surface area contributed by atoms with E-state index in [0.717, 1.165) is 37.3 Å². The van der Waals surface area contributed by atoms with Crippen LogP contribution in [0.1, 0.15) is 6.42 Å². The van der Waals surface area contributed by atoms with E-state index in [1.165, 1.54) is 19.6 Å². The summed E-state index contributed by atoms with van der Waals surface area (Å²) in [5, 5.41) is 12.8. The van der Waals surface area contributed by atoms with Crippen LogP contribution in [0.25, 0.3) is 0 Å². The third-order valence-electron chi connectivity index (χ3n) is 3.99. The molecular weight excluding hydrogens is 164 g/mol. The zero-order chi connectivity index (χ0) is 8.84. The molecule has 0 radical (unpaired) electrons. The molecule has 0 spiro atoms. The van der Waals surface area contributed by atoms with E-state index in [0.29, 0.717) is 0 Å². The molecule has 0 aromatic rings. The average Bonchev–Trinajstić information content (AvgIpc) is 2.58. The van der Waals surface area contributed by atoms with Gasteiger partial charge < -0.3 is 15.3 Å². The van der Waals surface area contributed by atoms with E-state index in [1.807, 2.05) is 0 Å². The molecular formula is C10H18N2O. The number of likely N-dealkylation sites (tertiary alicyclic amines) is 1. The van der Waals surface area contributed by atoms with Crippen LogP contribution in [0.3, 0.4) is 0 Å². The lowest BCUT2D eigenvalue weighted by molar-refractivity contribution is 0.173. The third kappa shape index (κ3) is 1.39. The number of aliphatic hydroxyl groups is 1. The molecule has 0 amide bonds. The lowest BCUT2D eigenvalue weighted by Gasteiger charge is -2.15. The molecule has 1 aliphatic carbocycles. The van der Waals surface area contributed by atoms with Crippen molar-refractivity contribution < 1.29 is 5.11 Å². The summed E-state index contributed by atoms with van der Waals surface area (Å²) in [6.07, 6.45) is 0.942. The molecule has 2 aliphatic heterocycles. The second-order valence-electron chi connectivity index (χ2n) is 4.85. The van der Waals surface area contributed by atoms with Gasteiger partial charge >= 0.3 is 0 Å². The number of hydrogen-bond donors (Lipinski definition) is 2. The van der Waals surface area contributed by atoms with Crippen molar-refractivity contribution in [2.24, 2.45) is 17.8 Å². The molecule has 2 N–H and O–H groups in total. The van der Waals surface area contributed by atoms with Crippen LogP contribution in [0.15, 0.2) is 0 Å². The molecule has 3 unspecified atom stereocenters. The van der Waals surface area contributed by atoms with E-state index in [1.54, 1.807) is 0 Å². The maximum absolute atomic E-state index is 9.38. The van der Waals surface area contributed by atoms with Crippen molar-refractivity contribution in [1.82, 2.24) is 10.2 Å². The highest BCUT2D eigenvalue weighted by Crippen LogP contribution is 2.49. The molecule has 1 saturated carbocycles. The molecule has 3 aliphatic rings. The predicted octanol–water partition coefficient (Wildman–Crippen LogP) is -0.482. The number of nitrogens with zero attached hydrogens (tertiary/aromatic N) is 1. The Bertz CT molecular complexity index is 199. The Morgan fingerprint density at radius 2 is 2.08 bits per heavy atom. The summed E-state index contributed by atoms with van der Waals surface area (Å²) in [6, 6.07) is 0. The van der Waals surface area contributed by atoms with Gasteiger partial charge in [-0.1, -0.05) is 0 Å². The first-order chi connectivity index (χ1) is 6.34. The topological polar surface area (TPSA) is 35.5 Å². The summed E-state index contributed by atoms with van der Waals surface area (Å²) in [4.78, 5) is 2.44. The van der Waals surface area contributed by atoms with Crippen LogP contribution >= 0.6 is 0 Å². The molecule has 74 valence electrons. The molecule has 3 fully saturated rings. The first-order valence-electron chi connectivity index (χ1n) is 5.46. The molecule has 2 saturated heterocycles. The Balaban J connectivity index is 1.49.